The van der Waals surface area contributed by atoms with Crippen molar-refractivity contribution in [1.29, 1.82) is 0 Å². The van der Waals surface area contributed by atoms with Gasteiger partial charge in [-0.2, -0.15) is 13.2 Å². The molecule has 18 heavy (non-hydrogen) atoms. The first kappa shape index (κ1) is 15.7. The minimum absolute atomic E-state index is 0.372. The molecule has 0 atom stereocenters. The second kappa shape index (κ2) is 7.96. The average Bonchev–Trinajstić information content (AvgIpc) is 2.29. The summed E-state index contributed by atoms with van der Waals surface area (Å²) in [6, 6.07) is 0.372. The number of nitrogens with zero attached hydrogens (tertiary/aromatic N) is 1. The molecule has 1 rings (SSSR count). The Morgan fingerprint density at radius 1 is 1.22 bits per heavy atom. The lowest BCUT2D eigenvalue weighted by molar-refractivity contribution is -0.148. The van der Waals surface area contributed by atoms with Crippen LogP contribution in [0.25, 0.3) is 0 Å². The Hall–Kier alpha value is -0.330. The highest BCUT2D eigenvalue weighted by molar-refractivity contribution is 4.78. The van der Waals surface area contributed by atoms with Crippen molar-refractivity contribution in [2.75, 3.05) is 39.9 Å². The lowest BCUT2D eigenvalue weighted by atomic mass is 10.0. The average molecular weight is 268 g/mol. The van der Waals surface area contributed by atoms with Gasteiger partial charge in [0.1, 0.15) is 0 Å². The van der Waals surface area contributed by atoms with E-state index in [1.807, 2.05) is 0 Å². The van der Waals surface area contributed by atoms with Crippen LogP contribution in [0, 0.1) is 0 Å². The van der Waals surface area contributed by atoms with Crippen LogP contribution in [0.1, 0.15) is 25.7 Å². The van der Waals surface area contributed by atoms with Crippen LogP contribution in [0.5, 0.6) is 0 Å². The fourth-order valence-electron chi connectivity index (χ4n) is 2.23. The van der Waals surface area contributed by atoms with Crippen LogP contribution in [0.3, 0.4) is 0 Å². The van der Waals surface area contributed by atoms with E-state index in [2.05, 4.69) is 5.32 Å². The number of hydrogen-bond acceptors (Lipinski definition) is 3. The van der Waals surface area contributed by atoms with Gasteiger partial charge < -0.3 is 10.1 Å². The summed E-state index contributed by atoms with van der Waals surface area (Å²) < 4.78 is 41.5. The Morgan fingerprint density at radius 3 is 2.44 bits per heavy atom. The molecule has 0 amide bonds. The predicted molar refractivity (Wildman–Crippen MR) is 64.6 cm³/mol. The van der Waals surface area contributed by atoms with Crippen molar-refractivity contribution < 1.29 is 17.9 Å². The first-order chi connectivity index (χ1) is 8.51. The van der Waals surface area contributed by atoms with E-state index in [1.165, 1.54) is 4.90 Å². The summed E-state index contributed by atoms with van der Waals surface area (Å²) in [6.45, 7) is 2.00. The van der Waals surface area contributed by atoms with E-state index >= 15 is 0 Å². The zero-order valence-corrected chi connectivity index (χ0v) is 10.9. The van der Waals surface area contributed by atoms with E-state index in [9.17, 15) is 13.2 Å². The van der Waals surface area contributed by atoms with E-state index < -0.39 is 12.7 Å². The molecule has 1 aliphatic heterocycles. The molecule has 0 saturated carbocycles. The molecule has 3 nitrogen and oxygen atoms in total. The smallest absolute Gasteiger partial charge is 0.385 e. The summed E-state index contributed by atoms with van der Waals surface area (Å²) in [7, 11) is 1.68. The lowest BCUT2D eigenvalue weighted by Gasteiger charge is -2.32. The largest absolute Gasteiger partial charge is 0.401 e. The fourth-order valence-corrected chi connectivity index (χ4v) is 2.23. The molecule has 0 unspecified atom stereocenters. The maximum atomic E-state index is 12.2. The van der Waals surface area contributed by atoms with Crippen molar-refractivity contribution >= 4 is 0 Å². The maximum Gasteiger partial charge on any atom is 0.401 e. The topological polar surface area (TPSA) is 24.5 Å². The highest BCUT2D eigenvalue weighted by Gasteiger charge is 2.32. The Morgan fingerprint density at radius 2 is 1.89 bits per heavy atom. The molecule has 1 aliphatic rings. The summed E-state index contributed by atoms with van der Waals surface area (Å²) in [4.78, 5) is 1.49. The van der Waals surface area contributed by atoms with E-state index in [-0.39, 0.29) is 0 Å². The van der Waals surface area contributed by atoms with Crippen molar-refractivity contribution in [2.45, 2.75) is 37.9 Å². The molecular formula is C12H23F3N2O. The fraction of sp³-hybridized carbons (Fsp3) is 1.00. The Balaban J connectivity index is 2.05. The standard InChI is InChI=1S/C12H23F3N2O/c1-18-9-3-2-6-16-11-4-7-17(8-5-11)10-12(13,14)15/h11,16H,2-10H2,1H3. The highest BCUT2D eigenvalue weighted by atomic mass is 19.4. The SMILES string of the molecule is COCCCCNC1CCN(CC(F)(F)F)CC1. The van der Waals surface area contributed by atoms with Crippen molar-refractivity contribution in [1.82, 2.24) is 10.2 Å². The number of hydrogen-bond donors (Lipinski definition) is 1. The van der Waals surface area contributed by atoms with Gasteiger partial charge in [-0.25, -0.2) is 0 Å². The third kappa shape index (κ3) is 7.18. The Kier molecular flexibility index (Phi) is 6.96. The summed E-state index contributed by atoms with van der Waals surface area (Å²) in [5.74, 6) is 0. The van der Waals surface area contributed by atoms with E-state index in [0.29, 0.717) is 19.1 Å². The van der Waals surface area contributed by atoms with Gasteiger partial charge >= 0.3 is 6.18 Å². The Labute approximate surface area is 107 Å². The van der Waals surface area contributed by atoms with Gasteiger partial charge in [-0.05, 0) is 45.3 Å². The molecular weight excluding hydrogens is 245 g/mol. The molecule has 1 heterocycles. The van der Waals surface area contributed by atoms with Crippen LogP contribution >= 0.6 is 0 Å². The number of likely N-dealkylation sites (tertiary alicyclic amines) is 1. The Bertz CT molecular complexity index is 216. The normalized spacial score (nSPS) is 19.3. The molecule has 0 aliphatic carbocycles. The van der Waals surface area contributed by atoms with Gasteiger partial charge in [0, 0.05) is 19.8 Å². The molecule has 0 aromatic heterocycles. The van der Waals surface area contributed by atoms with E-state index in [0.717, 1.165) is 38.8 Å². The number of rotatable bonds is 7. The van der Waals surface area contributed by atoms with E-state index in [4.69, 9.17) is 4.74 Å². The van der Waals surface area contributed by atoms with Gasteiger partial charge in [-0.15, -0.1) is 0 Å². The number of alkyl halides is 3. The quantitative estimate of drug-likeness (QED) is 0.715. The number of unbranched alkanes of at least 4 members (excludes halogenated alkanes) is 1. The van der Waals surface area contributed by atoms with Gasteiger partial charge in [0.05, 0.1) is 6.54 Å². The summed E-state index contributed by atoms with van der Waals surface area (Å²) in [5, 5.41) is 3.40. The third-order valence-electron chi connectivity index (χ3n) is 3.20. The number of ether oxygens (including phenoxy) is 1. The molecule has 0 aromatic rings. The number of methoxy groups -OCH3 is 1. The van der Waals surface area contributed by atoms with Crippen LogP contribution in [0.2, 0.25) is 0 Å². The molecule has 108 valence electrons. The maximum absolute atomic E-state index is 12.2. The second-order valence-electron chi connectivity index (χ2n) is 4.82. The number of nitrogens with one attached hydrogen (secondary N) is 1. The third-order valence-corrected chi connectivity index (χ3v) is 3.20. The van der Waals surface area contributed by atoms with Crippen LogP contribution < -0.4 is 5.32 Å². The van der Waals surface area contributed by atoms with Crippen molar-refractivity contribution in [3.63, 3.8) is 0 Å². The van der Waals surface area contributed by atoms with Crippen LogP contribution in [0.15, 0.2) is 0 Å². The lowest BCUT2D eigenvalue weighted by Crippen LogP contribution is -2.45. The number of piperidine rings is 1. The molecule has 1 fully saturated rings. The second-order valence-corrected chi connectivity index (χ2v) is 4.82. The molecule has 1 N–H and O–H groups in total. The van der Waals surface area contributed by atoms with Crippen molar-refractivity contribution in [2.24, 2.45) is 0 Å². The molecule has 0 aromatic carbocycles. The molecule has 0 radical (unpaired) electrons. The molecule has 1 saturated heterocycles. The van der Waals surface area contributed by atoms with Gasteiger partial charge in [-0.1, -0.05) is 0 Å². The molecule has 6 heteroatoms. The highest BCUT2D eigenvalue weighted by Crippen LogP contribution is 2.19. The van der Waals surface area contributed by atoms with E-state index in [1.54, 1.807) is 7.11 Å². The van der Waals surface area contributed by atoms with Crippen molar-refractivity contribution in [3.05, 3.63) is 0 Å². The first-order valence-electron chi connectivity index (χ1n) is 6.52. The summed E-state index contributed by atoms with van der Waals surface area (Å²) in [6.07, 6.45) is -0.381. The van der Waals surface area contributed by atoms with Crippen LogP contribution in [-0.2, 0) is 4.74 Å². The van der Waals surface area contributed by atoms with Gasteiger partial charge in [0.15, 0.2) is 0 Å². The van der Waals surface area contributed by atoms with Crippen LogP contribution in [0.4, 0.5) is 13.2 Å². The minimum Gasteiger partial charge on any atom is -0.385 e. The monoisotopic (exact) mass is 268 g/mol. The molecule has 0 spiro atoms. The number of halogens is 3. The zero-order valence-electron chi connectivity index (χ0n) is 10.9. The van der Waals surface area contributed by atoms with Gasteiger partial charge in [0.25, 0.3) is 0 Å². The molecule has 0 bridgehead atoms. The van der Waals surface area contributed by atoms with Crippen molar-refractivity contribution in [3.8, 4) is 0 Å². The van der Waals surface area contributed by atoms with Gasteiger partial charge in [0.2, 0.25) is 0 Å². The van der Waals surface area contributed by atoms with Gasteiger partial charge in [-0.3, -0.25) is 4.90 Å². The first-order valence-corrected chi connectivity index (χ1v) is 6.52. The zero-order chi connectivity index (χ0) is 13.4. The summed E-state index contributed by atoms with van der Waals surface area (Å²) in [5.41, 5.74) is 0. The minimum atomic E-state index is -4.07. The van der Waals surface area contributed by atoms with Crippen LogP contribution in [-0.4, -0.2) is 57.0 Å². The predicted octanol–water partition coefficient (Wildman–Crippen LogP) is 2.03. The summed E-state index contributed by atoms with van der Waals surface area (Å²) >= 11 is 0.